The Morgan fingerprint density at radius 1 is 1.20 bits per heavy atom. The van der Waals surface area contributed by atoms with Crippen molar-refractivity contribution in [1.29, 1.82) is 0 Å². The number of hydrogen-bond donors (Lipinski definition) is 1. The Balaban J connectivity index is 2.29. The first-order chi connectivity index (χ1) is 9.61. The van der Waals surface area contributed by atoms with Crippen molar-refractivity contribution in [3.63, 3.8) is 0 Å². The van der Waals surface area contributed by atoms with Gasteiger partial charge in [-0.05, 0) is 45.8 Å². The molecule has 0 aliphatic carbocycles. The molecule has 2 N–H and O–H groups in total. The molecule has 102 valence electrons. The van der Waals surface area contributed by atoms with E-state index in [1.54, 1.807) is 0 Å². The van der Waals surface area contributed by atoms with Crippen molar-refractivity contribution in [2.24, 2.45) is 12.8 Å². The maximum absolute atomic E-state index is 5.80. The molecular formula is C15H13Br2N3. The Kier molecular flexibility index (Phi) is 3.67. The SMILES string of the molecule is Cn1c(-c2ccc(Br)cc2Br)nc2c(CN)cccc21. The van der Waals surface area contributed by atoms with Gasteiger partial charge < -0.3 is 10.3 Å². The van der Waals surface area contributed by atoms with Crippen LogP contribution in [0.4, 0.5) is 0 Å². The van der Waals surface area contributed by atoms with E-state index in [1.165, 1.54) is 0 Å². The van der Waals surface area contributed by atoms with Gasteiger partial charge in [0.2, 0.25) is 0 Å². The average Bonchev–Trinajstić information content (AvgIpc) is 2.76. The first-order valence-corrected chi connectivity index (χ1v) is 7.80. The quantitative estimate of drug-likeness (QED) is 0.706. The molecule has 0 amide bonds. The Morgan fingerprint density at radius 3 is 2.70 bits per heavy atom. The van der Waals surface area contributed by atoms with Crippen LogP contribution in [0.25, 0.3) is 22.4 Å². The van der Waals surface area contributed by atoms with E-state index in [-0.39, 0.29) is 0 Å². The number of fused-ring (bicyclic) bond motifs is 1. The summed E-state index contributed by atoms with van der Waals surface area (Å²) in [5, 5.41) is 0. The molecule has 0 aliphatic rings. The van der Waals surface area contributed by atoms with Crippen molar-refractivity contribution in [1.82, 2.24) is 9.55 Å². The molecule has 1 aromatic heterocycles. The molecule has 0 saturated heterocycles. The summed E-state index contributed by atoms with van der Waals surface area (Å²) >= 11 is 7.07. The molecule has 1 heterocycles. The van der Waals surface area contributed by atoms with Crippen LogP contribution in [0.15, 0.2) is 45.3 Å². The molecule has 0 saturated carbocycles. The number of para-hydroxylation sites is 1. The van der Waals surface area contributed by atoms with Crippen molar-refractivity contribution in [3.8, 4) is 11.4 Å². The lowest BCUT2D eigenvalue weighted by Gasteiger charge is -2.05. The molecule has 0 atom stereocenters. The Bertz CT molecular complexity index is 793. The number of halogens is 2. The van der Waals surface area contributed by atoms with Gasteiger partial charge in [-0.3, -0.25) is 0 Å². The van der Waals surface area contributed by atoms with E-state index in [0.29, 0.717) is 6.54 Å². The second-order valence-corrected chi connectivity index (χ2v) is 6.38. The Morgan fingerprint density at radius 2 is 2.00 bits per heavy atom. The number of aryl methyl sites for hydroxylation is 1. The van der Waals surface area contributed by atoms with Gasteiger partial charge in [-0.2, -0.15) is 0 Å². The number of hydrogen-bond acceptors (Lipinski definition) is 2. The van der Waals surface area contributed by atoms with Gasteiger partial charge in [-0.25, -0.2) is 4.98 Å². The average molecular weight is 395 g/mol. The van der Waals surface area contributed by atoms with Crippen molar-refractivity contribution < 1.29 is 0 Å². The van der Waals surface area contributed by atoms with Crippen LogP contribution in [0.2, 0.25) is 0 Å². The summed E-state index contributed by atoms with van der Waals surface area (Å²) in [7, 11) is 2.03. The topological polar surface area (TPSA) is 43.8 Å². The molecule has 2 aromatic carbocycles. The van der Waals surface area contributed by atoms with Gasteiger partial charge in [0, 0.05) is 28.1 Å². The summed E-state index contributed by atoms with van der Waals surface area (Å²) in [4.78, 5) is 4.78. The van der Waals surface area contributed by atoms with E-state index in [9.17, 15) is 0 Å². The van der Waals surface area contributed by atoms with E-state index in [2.05, 4.69) is 48.6 Å². The first kappa shape index (κ1) is 13.8. The highest BCUT2D eigenvalue weighted by Crippen LogP contribution is 2.32. The number of imidazole rings is 1. The highest BCUT2D eigenvalue weighted by molar-refractivity contribution is 9.11. The summed E-state index contributed by atoms with van der Waals surface area (Å²) in [6.07, 6.45) is 0. The van der Waals surface area contributed by atoms with Crippen molar-refractivity contribution >= 4 is 42.9 Å². The standard InChI is InChI=1S/C15H13Br2N3/c1-20-13-4-2-3-9(8-18)14(13)19-15(20)11-6-5-10(16)7-12(11)17/h2-7H,8,18H2,1H3. The molecule has 0 bridgehead atoms. The lowest BCUT2D eigenvalue weighted by atomic mass is 10.2. The third kappa shape index (κ3) is 2.20. The van der Waals surface area contributed by atoms with Crippen LogP contribution in [0.1, 0.15) is 5.56 Å². The molecule has 5 heteroatoms. The van der Waals surface area contributed by atoms with Gasteiger partial charge in [0.1, 0.15) is 5.82 Å². The lowest BCUT2D eigenvalue weighted by molar-refractivity contribution is 0.958. The summed E-state index contributed by atoms with van der Waals surface area (Å²) in [5.74, 6) is 0.931. The molecule has 0 radical (unpaired) electrons. The lowest BCUT2D eigenvalue weighted by Crippen LogP contribution is -1.97. The molecule has 20 heavy (non-hydrogen) atoms. The van der Waals surface area contributed by atoms with Crippen LogP contribution < -0.4 is 5.73 Å². The summed E-state index contributed by atoms with van der Waals surface area (Å²) in [5.41, 5.74) is 10.0. The molecule has 3 rings (SSSR count). The van der Waals surface area contributed by atoms with Gasteiger partial charge in [0.15, 0.2) is 0 Å². The molecule has 0 spiro atoms. The van der Waals surface area contributed by atoms with E-state index in [0.717, 1.165) is 36.9 Å². The fraction of sp³-hybridized carbons (Fsp3) is 0.133. The minimum atomic E-state index is 0.495. The molecule has 0 fully saturated rings. The first-order valence-electron chi connectivity index (χ1n) is 6.21. The molecule has 0 aliphatic heterocycles. The van der Waals surface area contributed by atoms with Crippen LogP contribution in [0.5, 0.6) is 0 Å². The summed E-state index contributed by atoms with van der Waals surface area (Å²) < 4.78 is 4.15. The van der Waals surface area contributed by atoms with Crippen molar-refractivity contribution in [3.05, 3.63) is 50.9 Å². The fourth-order valence-electron chi connectivity index (χ4n) is 2.35. The second-order valence-electron chi connectivity index (χ2n) is 4.61. The zero-order valence-corrected chi connectivity index (χ0v) is 14.1. The fourth-order valence-corrected chi connectivity index (χ4v) is 3.57. The van der Waals surface area contributed by atoms with E-state index >= 15 is 0 Å². The third-order valence-corrected chi connectivity index (χ3v) is 4.54. The van der Waals surface area contributed by atoms with Crippen LogP contribution in [0, 0.1) is 0 Å². The van der Waals surface area contributed by atoms with Gasteiger partial charge in [-0.15, -0.1) is 0 Å². The monoisotopic (exact) mass is 393 g/mol. The highest BCUT2D eigenvalue weighted by Gasteiger charge is 2.14. The normalized spacial score (nSPS) is 11.2. The minimum absolute atomic E-state index is 0.495. The molecular weight excluding hydrogens is 382 g/mol. The number of aromatic nitrogens is 2. The zero-order chi connectivity index (χ0) is 14.3. The highest BCUT2D eigenvalue weighted by atomic mass is 79.9. The number of nitrogens with zero attached hydrogens (tertiary/aromatic N) is 2. The molecule has 3 aromatic rings. The number of benzene rings is 2. The third-order valence-electron chi connectivity index (χ3n) is 3.39. The summed E-state index contributed by atoms with van der Waals surface area (Å²) in [6, 6.07) is 12.2. The van der Waals surface area contributed by atoms with Crippen molar-refractivity contribution in [2.45, 2.75) is 6.54 Å². The number of nitrogens with two attached hydrogens (primary N) is 1. The summed E-state index contributed by atoms with van der Waals surface area (Å²) in [6.45, 7) is 0.495. The molecule has 3 nitrogen and oxygen atoms in total. The van der Waals surface area contributed by atoms with E-state index in [4.69, 9.17) is 10.7 Å². The van der Waals surface area contributed by atoms with E-state index < -0.39 is 0 Å². The van der Waals surface area contributed by atoms with Crippen LogP contribution in [-0.2, 0) is 13.6 Å². The molecule has 0 unspecified atom stereocenters. The van der Waals surface area contributed by atoms with Gasteiger partial charge in [0.25, 0.3) is 0 Å². The van der Waals surface area contributed by atoms with Gasteiger partial charge in [-0.1, -0.05) is 28.1 Å². The minimum Gasteiger partial charge on any atom is -0.327 e. The van der Waals surface area contributed by atoms with E-state index in [1.807, 2.05) is 31.3 Å². The van der Waals surface area contributed by atoms with Gasteiger partial charge >= 0.3 is 0 Å². The zero-order valence-electron chi connectivity index (χ0n) is 10.9. The maximum Gasteiger partial charge on any atom is 0.142 e. The second kappa shape index (κ2) is 5.31. The van der Waals surface area contributed by atoms with Crippen molar-refractivity contribution in [2.75, 3.05) is 0 Å². The van der Waals surface area contributed by atoms with Crippen LogP contribution in [-0.4, -0.2) is 9.55 Å². The predicted octanol–water partition coefficient (Wildman–Crippen LogP) is 4.22. The van der Waals surface area contributed by atoms with Crippen LogP contribution >= 0.6 is 31.9 Å². The predicted molar refractivity (Wildman–Crippen MR) is 89.4 cm³/mol. The number of rotatable bonds is 2. The Labute approximate surface area is 134 Å². The largest absolute Gasteiger partial charge is 0.327 e. The van der Waals surface area contributed by atoms with Crippen LogP contribution in [0.3, 0.4) is 0 Å². The Hall–Kier alpha value is -1.17. The maximum atomic E-state index is 5.80. The smallest absolute Gasteiger partial charge is 0.142 e. The van der Waals surface area contributed by atoms with Gasteiger partial charge in [0.05, 0.1) is 11.0 Å².